The van der Waals surface area contributed by atoms with Crippen molar-refractivity contribution >= 4 is 11.8 Å². The molecule has 17 heavy (non-hydrogen) atoms. The van der Waals surface area contributed by atoms with Crippen LogP contribution in [0.5, 0.6) is 0 Å². The van der Waals surface area contributed by atoms with Crippen LogP contribution in [0.3, 0.4) is 0 Å². The summed E-state index contributed by atoms with van der Waals surface area (Å²) in [6.45, 7) is 2.12. The first-order chi connectivity index (χ1) is 8.33. The zero-order valence-corrected chi connectivity index (χ0v) is 9.85. The van der Waals surface area contributed by atoms with Gasteiger partial charge < -0.3 is 5.32 Å². The van der Waals surface area contributed by atoms with Crippen molar-refractivity contribution in [3.8, 4) is 0 Å². The summed E-state index contributed by atoms with van der Waals surface area (Å²) in [5.74, 6) is 0. The molecule has 0 fully saturated rings. The van der Waals surface area contributed by atoms with E-state index in [1.807, 2.05) is 6.07 Å². The monoisotopic (exact) mass is 221 g/mol. The van der Waals surface area contributed by atoms with E-state index in [1.54, 1.807) is 0 Å². The fourth-order valence-corrected chi connectivity index (χ4v) is 2.22. The van der Waals surface area contributed by atoms with Crippen molar-refractivity contribution in [1.29, 1.82) is 0 Å². The fraction of sp³-hybridized carbons (Fsp3) is 0.125. The van der Waals surface area contributed by atoms with E-state index in [0.29, 0.717) is 0 Å². The van der Waals surface area contributed by atoms with Crippen molar-refractivity contribution < 1.29 is 0 Å². The number of hydrogen-bond donors (Lipinski definition) is 1. The van der Waals surface area contributed by atoms with Gasteiger partial charge in [-0.3, -0.25) is 0 Å². The van der Waals surface area contributed by atoms with E-state index in [0.717, 1.165) is 0 Å². The van der Waals surface area contributed by atoms with Crippen LogP contribution in [-0.2, 0) is 0 Å². The Morgan fingerprint density at radius 3 is 2.65 bits per heavy atom. The number of aryl methyl sites for hydroxylation is 1. The minimum Gasteiger partial charge on any atom is -0.374 e. The number of hydrogen-bond acceptors (Lipinski definition) is 1. The number of fused-ring (bicyclic) bond motifs is 1. The van der Waals surface area contributed by atoms with Crippen LogP contribution in [0, 0.1) is 6.92 Å². The zero-order valence-electron chi connectivity index (χ0n) is 9.85. The van der Waals surface area contributed by atoms with Gasteiger partial charge in [0.05, 0.1) is 6.04 Å². The van der Waals surface area contributed by atoms with Crippen LogP contribution in [-0.4, -0.2) is 0 Å². The summed E-state index contributed by atoms with van der Waals surface area (Å²) >= 11 is 0. The molecule has 0 bridgehead atoms. The lowest BCUT2D eigenvalue weighted by molar-refractivity contribution is 0.978. The Kier molecular flexibility index (Phi) is 2.45. The highest BCUT2D eigenvalue weighted by atomic mass is 14.9. The van der Waals surface area contributed by atoms with Gasteiger partial charge in [0.1, 0.15) is 0 Å². The quantitative estimate of drug-likeness (QED) is 0.762. The molecule has 1 unspecified atom stereocenters. The van der Waals surface area contributed by atoms with E-state index in [1.165, 1.54) is 22.4 Å². The van der Waals surface area contributed by atoms with Crippen molar-refractivity contribution in [1.82, 2.24) is 0 Å². The second-order valence-electron chi connectivity index (χ2n) is 4.48. The molecule has 1 N–H and O–H groups in total. The van der Waals surface area contributed by atoms with E-state index in [-0.39, 0.29) is 6.04 Å². The highest BCUT2D eigenvalue weighted by Crippen LogP contribution is 2.30. The molecular weight excluding hydrogens is 206 g/mol. The lowest BCUT2D eigenvalue weighted by atomic mass is 9.99. The third-order valence-corrected chi connectivity index (χ3v) is 3.14. The molecule has 0 saturated heterocycles. The maximum atomic E-state index is 3.55. The first kappa shape index (κ1) is 10.2. The summed E-state index contributed by atoms with van der Waals surface area (Å²) in [6, 6.07) is 17.3. The van der Waals surface area contributed by atoms with Gasteiger partial charge in [0, 0.05) is 5.69 Å². The van der Waals surface area contributed by atoms with Crippen LogP contribution in [0.4, 0.5) is 5.69 Å². The predicted octanol–water partition coefficient (Wildman–Crippen LogP) is 4.18. The Morgan fingerprint density at radius 2 is 1.82 bits per heavy atom. The molecule has 2 aromatic carbocycles. The average molecular weight is 221 g/mol. The second-order valence-corrected chi connectivity index (χ2v) is 4.48. The third kappa shape index (κ3) is 1.96. The minimum atomic E-state index is 0.284. The molecule has 3 rings (SSSR count). The Bertz CT molecular complexity index is 555. The summed E-state index contributed by atoms with van der Waals surface area (Å²) in [5, 5.41) is 3.55. The van der Waals surface area contributed by atoms with E-state index >= 15 is 0 Å². The Hall–Kier alpha value is -2.02. The molecule has 1 heterocycles. The largest absolute Gasteiger partial charge is 0.374 e. The van der Waals surface area contributed by atoms with Crippen LogP contribution in [0.25, 0.3) is 6.08 Å². The van der Waals surface area contributed by atoms with E-state index < -0.39 is 0 Å². The van der Waals surface area contributed by atoms with E-state index in [2.05, 4.69) is 66.9 Å². The summed E-state index contributed by atoms with van der Waals surface area (Å²) in [4.78, 5) is 0. The van der Waals surface area contributed by atoms with Crippen LogP contribution in [0.2, 0.25) is 0 Å². The van der Waals surface area contributed by atoms with Gasteiger partial charge in [-0.15, -0.1) is 0 Å². The Balaban J connectivity index is 1.94. The van der Waals surface area contributed by atoms with Crippen LogP contribution >= 0.6 is 0 Å². The lowest BCUT2D eigenvalue weighted by Crippen LogP contribution is -2.11. The molecule has 84 valence electrons. The van der Waals surface area contributed by atoms with Gasteiger partial charge in [-0.2, -0.15) is 0 Å². The molecule has 0 spiro atoms. The van der Waals surface area contributed by atoms with Gasteiger partial charge >= 0.3 is 0 Å². The zero-order chi connectivity index (χ0) is 11.7. The molecule has 1 aliphatic heterocycles. The average Bonchev–Trinajstić information content (AvgIpc) is 2.39. The Labute approximate surface area is 102 Å². The molecule has 1 nitrogen and oxygen atoms in total. The second kappa shape index (κ2) is 4.10. The van der Waals surface area contributed by atoms with Gasteiger partial charge in [0.25, 0.3) is 0 Å². The number of anilines is 1. The molecule has 0 radical (unpaired) electrons. The summed E-state index contributed by atoms with van der Waals surface area (Å²) in [6.07, 6.45) is 4.42. The van der Waals surface area contributed by atoms with Crippen molar-refractivity contribution in [2.75, 3.05) is 5.32 Å². The Morgan fingerprint density at radius 1 is 1.00 bits per heavy atom. The highest BCUT2D eigenvalue weighted by Gasteiger charge is 2.13. The van der Waals surface area contributed by atoms with Crippen molar-refractivity contribution in [3.05, 3.63) is 71.3 Å². The number of rotatable bonds is 1. The highest BCUT2D eigenvalue weighted by molar-refractivity contribution is 5.72. The van der Waals surface area contributed by atoms with Gasteiger partial charge in [-0.1, -0.05) is 54.1 Å². The lowest BCUT2D eigenvalue weighted by Gasteiger charge is -2.23. The normalized spacial score (nSPS) is 17.4. The van der Waals surface area contributed by atoms with Gasteiger partial charge in [0.15, 0.2) is 0 Å². The molecule has 0 aromatic heterocycles. The maximum absolute atomic E-state index is 3.55. The first-order valence-corrected chi connectivity index (χ1v) is 5.93. The third-order valence-electron chi connectivity index (χ3n) is 3.14. The standard InChI is InChI=1S/C16H15N/c1-12-7-9-16-14(11-12)8-10-15(17-16)13-5-3-2-4-6-13/h2-11,15,17H,1H3. The molecule has 1 heteroatoms. The molecule has 1 atom stereocenters. The molecule has 1 aliphatic rings. The number of benzene rings is 2. The molecule has 0 aliphatic carbocycles. The predicted molar refractivity (Wildman–Crippen MR) is 73.0 cm³/mol. The van der Waals surface area contributed by atoms with Crippen molar-refractivity contribution in [2.24, 2.45) is 0 Å². The van der Waals surface area contributed by atoms with Crippen molar-refractivity contribution in [2.45, 2.75) is 13.0 Å². The van der Waals surface area contributed by atoms with Crippen molar-refractivity contribution in [3.63, 3.8) is 0 Å². The van der Waals surface area contributed by atoms with Crippen LogP contribution < -0.4 is 5.32 Å². The SMILES string of the molecule is Cc1ccc2c(c1)C=CC(c1ccccc1)N2. The van der Waals surface area contributed by atoms with Crippen LogP contribution in [0.15, 0.2) is 54.6 Å². The van der Waals surface area contributed by atoms with Gasteiger partial charge in [-0.25, -0.2) is 0 Å². The van der Waals surface area contributed by atoms with Gasteiger partial charge in [-0.05, 0) is 30.2 Å². The molecular formula is C16H15N. The maximum Gasteiger partial charge on any atom is 0.0701 e. The van der Waals surface area contributed by atoms with E-state index in [4.69, 9.17) is 0 Å². The topological polar surface area (TPSA) is 12.0 Å². The molecule has 0 saturated carbocycles. The summed E-state index contributed by atoms with van der Waals surface area (Å²) in [7, 11) is 0. The smallest absolute Gasteiger partial charge is 0.0701 e. The van der Waals surface area contributed by atoms with E-state index in [9.17, 15) is 0 Å². The summed E-state index contributed by atoms with van der Waals surface area (Å²) < 4.78 is 0. The minimum absolute atomic E-state index is 0.284. The molecule has 0 amide bonds. The fourth-order valence-electron chi connectivity index (χ4n) is 2.22. The van der Waals surface area contributed by atoms with Crippen LogP contribution in [0.1, 0.15) is 22.7 Å². The first-order valence-electron chi connectivity index (χ1n) is 5.93. The molecule has 2 aromatic rings. The summed E-state index contributed by atoms with van der Waals surface area (Å²) in [5.41, 5.74) is 5.09. The number of nitrogens with one attached hydrogen (secondary N) is 1. The van der Waals surface area contributed by atoms with Gasteiger partial charge in [0.2, 0.25) is 0 Å².